The van der Waals surface area contributed by atoms with Crippen LogP contribution in [0.4, 0.5) is 0 Å². The molecule has 0 heterocycles. The van der Waals surface area contributed by atoms with Gasteiger partial charge in [-0.1, -0.05) is 0 Å². The maximum Gasteiger partial charge on any atom is 0.320 e. The third kappa shape index (κ3) is 18.2. The predicted octanol–water partition coefficient (Wildman–Crippen LogP) is -1.82. The fraction of sp³-hybridized carbons (Fsp3) is 0.636. The van der Waals surface area contributed by atoms with Gasteiger partial charge in [-0.05, 0) is 19.3 Å². The molecule has 9 N–H and O–H groups in total. The number of amides is 3. The Labute approximate surface area is 116 Å². The number of hydrogen-bond donors (Lipinski definition) is 5. The smallest absolute Gasteiger partial charge is 0.320 e. The maximum absolute atomic E-state index is 10.2. The standard InChI is InChI=1S/C6H12N2O2.C5H10N2O3/c7-5(9)3-1-2-4-6(8)10;6-3(5(9)10)1-2-4(7)8/h1-4H2,(H2,7,9)(H2,8,10);3H,1-2,6H2,(H2,7,8)(H,9,10)/t;3-/m.0/s1. The molecule has 0 aromatic heterocycles. The number of hydrogen-bond acceptors (Lipinski definition) is 5. The number of unbranched alkanes of at least 4 members (excludes halogenated alkanes) is 1. The number of nitrogens with two attached hydrogens (primary N) is 4. The highest BCUT2D eigenvalue weighted by Gasteiger charge is 2.11. The van der Waals surface area contributed by atoms with Crippen LogP contribution in [0.5, 0.6) is 0 Å². The summed E-state index contributed by atoms with van der Waals surface area (Å²) in [6, 6.07) is -0.979. The van der Waals surface area contributed by atoms with Gasteiger partial charge in [0.1, 0.15) is 6.04 Å². The Kier molecular flexibility index (Phi) is 12.0. The van der Waals surface area contributed by atoms with Gasteiger partial charge in [-0.25, -0.2) is 0 Å². The Bertz CT molecular complexity index is 330. The summed E-state index contributed by atoms with van der Waals surface area (Å²) in [5.74, 6) is -2.30. The van der Waals surface area contributed by atoms with Gasteiger partial charge in [0.2, 0.25) is 17.7 Å². The number of rotatable bonds is 9. The molecule has 20 heavy (non-hydrogen) atoms. The van der Waals surface area contributed by atoms with Gasteiger partial charge in [0.25, 0.3) is 0 Å². The van der Waals surface area contributed by atoms with Gasteiger partial charge in [-0.2, -0.15) is 0 Å². The van der Waals surface area contributed by atoms with E-state index in [0.29, 0.717) is 25.7 Å². The first-order valence-corrected chi connectivity index (χ1v) is 6.00. The van der Waals surface area contributed by atoms with Crippen molar-refractivity contribution in [1.82, 2.24) is 0 Å². The lowest BCUT2D eigenvalue weighted by molar-refractivity contribution is -0.138. The summed E-state index contributed by atoms with van der Waals surface area (Å²) in [6.45, 7) is 0. The molecule has 0 aromatic rings. The van der Waals surface area contributed by atoms with E-state index in [9.17, 15) is 19.2 Å². The van der Waals surface area contributed by atoms with Crippen LogP contribution in [0.25, 0.3) is 0 Å². The summed E-state index contributed by atoms with van der Waals surface area (Å²) in [7, 11) is 0. The minimum atomic E-state index is -1.11. The molecular formula is C11H22N4O5. The van der Waals surface area contributed by atoms with Gasteiger partial charge in [0.05, 0.1) is 0 Å². The molecule has 0 spiro atoms. The van der Waals surface area contributed by atoms with Crippen molar-refractivity contribution < 1.29 is 24.3 Å². The zero-order valence-electron chi connectivity index (χ0n) is 11.2. The molecule has 116 valence electrons. The van der Waals surface area contributed by atoms with Crippen LogP contribution in [0.2, 0.25) is 0 Å². The number of aliphatic carboxylic acids is 1. The normalized spacial score (nSPS) is 10.8. The van der Waals surface area contributed by atoms with E-state index in [4.69, 9.17) is 28.0 Å². The van der Waals surface area contributed by atoms with E-state index in [2.05, 4.69) is 0 Å². The lowest BCUT2D eigenvalue weighted by Crippen LogP contribution is -2.31. The number of carboxylic acids is 1. The summed E-state index contributed by atoms with van der Waals surface area (Å²) in [6.07, 6.45) is 2.11. The van der Waals surface area contributed by atoms with Crippen LogP contribution >= 0.6 is 0 Å². The first kappa shape index (κ1) is 20.2. The van der Waals surface area contributed by atoms with Gasteiger partial charge in [0, 0.05) is 19.3 Å². The fourth-order valence-electron chi connectivity index (χ4n) is 1.02. The van der Waals surface area contributed by atoms with Crippen molar-refractivity contribution in [3.8, 4) is 0 Å². The van der Waals surface area contributed by atoms with Gasteiger partial charge in [-0.15, -0.1) is 0 Å². The molecule has 0 saturated carbocycles. The lowest BCUT2D eigenvalue weighted by Gasteiger charge is -2.01. The van der Waals surface area contributed by atoms with Crippen LogP contribution < -0.4 is 22.9 Å². The van der Waals surface area contributed by atoms with Crippen LogP contribution in [-0.2, 0) is 19.2 Å². The first-order chi connectivity index (χ1) is 9.16. The third-order valence-corrected chi connectivity index (χ3v) is 2.12. The molecule has 0 aromatic carbocycles. The van der Waals surface area contributed by atoms with E-state index >= 15 is 0 Å². The quantitative estimate of drug-likeness (QED) is 0.310. The average molecular weight is 290 g/mol. The SMILES string of the molecule is NC(=O)CCCCC(N)=O.NC(=O)CC[C@H](N)C(=O)O. The summed E-state index contributed by atoms with van der Waals surface area (Å²) < 4.78 is 0. The summed E-state index contributed by atoms with van der Waals surface area (Å²) in [4.78, 5) is 40.4. The second-order valence-electron chi connectivity index (χ2n) is 4.09. The van der Waals surface area contributed by atoms with E-state index in [1.165, 1.54) is 0 Å². The second kappa shape index (κ2) is 11.9. The molecule has 0 aliphatic rings. The maximum atomic E-state index is 10.2. The van der Waals surface area contributed by atoms with E-state index in [0.717, 1.165) is 0 Å². The fourth-order valence-corrected chi connectivity index (χ4v) is 1.02. The number of carbonyl (C=O) groups excluding carboxylic acids is 3. The molecule has 0 radical (unpaired) electrons. The van der Waals surface area contributed by atoms with Crippen molar-refractivity contribution in [2.24, 2.45) is 22.9 Å². The first-order valence-electron chi connectivity index (χ1n) is 6.00. The van der Waals surface area contributed by atoms with Crippen molar-refractivity contribution in [2.45, 2.75) is 44.6 Å². The minimum absolute atomic E-state index is 0.0213. The number of carboxylic acid groups (broad SMARTS) is 1. The topological polar surface area (TPSA) is 193 Å². The Morgan fingerprint density at radius 2 is 1.15 bits per heavy atom. The van der Waals surface area contributed by atoms with Crippen LogP contribution in [0.1, 0.15) is 38.5 Å². The molecule has 0 saturated heterocycles. The molecule has 0 rings (SSSR count). The molecular weight excluding hydrogens is 268 g/mol. The number of carbonyl (C=O) groups is 4. The van der Waals surface area contributed by atoms with Gasteiger partial charge < -0.3 is 28.0 Å². The van der Waals surface area contributed by atoms with E-state index in [1.807, 2.05) is 0 Å². The summed E-state index contributed by atoms with van der Waals surface area (Å²) in [5.41, 5.74) is 19.5. The summed E-state index contributed by atoms with van der Waals surface area (Å²) in [5, 5.41) is 8.22. The molecule has 9 nitrogen and oxygen atoms in total. The van der Waals surface area contributed by atoms with Crippen molar-refractivity contribution in [1.29, 1.82) is 0 Å². The van der Waals surface area contributed by atoms with E-state index < -0.39 is 17.9 Å². The minimum Gasteiger partial charge on any atom is -0.480 e. The highest BCUT2D eigenvalue weighted by atomic mass is 16.4. The Morgan fingerprint density at radius 1 is 0.800 bits per heavy atom. The Hall–Kier alpha value is -2.16. The zero-order chi connectivity index (χ0) is 16.1. The lowest BCUT2D eigenvalue weighted by atomic mass is 10.2. The molecule has 0 aliphatic carbocycles. The molecule has 0 fully saturated rings. The van der Waals surface area contributed by atoms with Crippen LogP contribution in [0.15, 0.2) is 0 Å². The Balaban J connectivity index is 0. The molecule has 3 amide bonds. The second-order valence-corrected chi connectivity index (χ2v) is 4.09. The van der Waals surface area contributed by atoms with E-state index in [1.54, 1.807) is 0 Å². The predicted molar refractivity (Wildman–Crippen MR) is 70.9 cm³/mol. The highest BCUT2D eigenvalue weighted by molar-refractivity contribution is 5.77. The number of primary amides is 3. The molecule has 0 aliphatic heterocycles. The highest BCUT2D eigenvalue weighted by Crippen LogP contribution is 1.97. The van der Waals surface area contributed by atoms with Crippen molar-refractivity contribution >= 4 is 23.7 Å². The van der Waals surface area contributed by atoms with Crippen molar-refractivity contribution in [3.63, 3.8) is 0 Å². The average Bonchev–Trinajstić information content (AvgIpc) is 2.31. The monoisotopic (exact) mass is 290 g/mol. The Morgan fingerprint density at radius 3 is 1.40 bits per heavy atom. The van der Waals surface area contributed by atoms with Crippen LogP contribution in [0, 0.1) is 0 Å². The van der Waals surface area contributed by atoms with Gasteiger partial charge in [0.15, 0.2) is 0 Å². The summed E-state index contributed by atoms with van der Waals surface area (Å²) >= 11 is 0. The zero-order valence-corrected chi connectivity index (χ0v) is 11.2. The van der Waals surface area contributed by atoms with Crippen molar-refractivity contribution in [2.75, 3.05) is 0 Å². The van der Waals surface area contributed by atoms with Gasteiger partial charge in [-0.3, -0.25) is 19.2 Å². The van der Waals surface area contributed by atoms with Crippen LogP contribution in [0.3, 0.4) is 0 Å². The molecule has 1 atom stereocenters. The third-order valence-electron chi connectivity index (χ3n) is 2.12. The molecule has 0 bridgehead atoms. The van der Waals surface area contributed by atoms with Crippen LogP contribution in [-0.4, -0.2) is 34.8 Å². The largest absolute Gasteiger partial charge is 0.480 e. The molecule has 0 unspecified atom stereocenters. The van der Waals surface area contributed by atoms with Crippen molar-refractivity contribution in [3.05, 3.63) is 0 Å². The van der Waals surface area contributed by atoms with Gasteiger partial charge >= 0.3 is 5.97 Å². The van der Waals surface area contributed by atoms with E-state index in [-0.39, 0.29) is 24.7 Å². The molecule has 9 heteroatoms.